The minimum atomic E-state index is -0.269. The van der Waals surface area contributed by atoms with Gasteiger partial charge in [0, 0.05) is 4.75 Å². The Morgan fingerprint density at radius 3 is 2.38 bits per heavy atom. The van der Waals surface area contributed by atoms with E-state index in [-0.39, 0.29) is 10.7 Å². The fourth-order valence-corrected chi connectivity index (χ4v) is 1.55. The van der Waals surface area contributed by atoms with Crippen molar-refractivity contribution in [1.82, 2.24) is 0 Å². The molecule has 0 rings (SSSR count). The summed E-state index contributed by atoms with van der Waals surface area (Å²) in [6, 6.07) is 0. The molecule has 2 nitrogen and oxygen atoms in total. The number of unbranched alkanes of at least 4 members (excludes halogenated alkanes) is 2. The number of carbonyl (C=O) groups excluding carboxylic acids is 1. The molecular formula is C13H26O2S. The Morgan fingerprint density at radius 2 is 1.88 bits per heavy atom. The van der Waals surface area contributed by atoms with Crippen LogP contribution in [0, 0.1) is 5.92 Å². The maximum Gasteiger partial charge on any atom is 0.307 e. The zero-order valence-electron chi connectivity index (χ0n) is 11.1. The lowest BCUT2D eigenvalue weighted by Crippen LogP contribution is -2.19. The van der Waals surface area contributed by atoms with E-state index in [2.05, 4.69) is 26.5 Å². The lowest BCUT2D eigenvalue weighted by Gasteiger charge is -2.15. The van der Waals surface area contributed by atoms with E-state index in [1.807, 2.05) is 13.8 Å². The highest BCUT2D eigenvalue weighted by molar-refractivity contribution is 7.81. The van der Waals surface area contributed by atoms with Crippen molar-refractivity contribution in [2.24, 2.45) is 5.92 Å². The largest absolute Gasteiger partial charge is 0.466 e. The van der Waals surface area contributed by atoms with Crippen LogP contribution >= 0.6 is 12.6 Å². The summed E-state index contributed by atoms with van der Waals surface area (Å²) >= 11 is 4.29. The second-order valence-corrected chi connectivity index (χ2v) is 6.66. The fourth-order valence-electron chi connectivity index (χ4n) is 1.42. The van der Waals surface area contributed by atoms with Crippen molar-refractivity contribution in [3.63, 3.8) is 0 Å². The van der Waals surface area contributed by atoms with Crippen LogP contribution in [0.15, 0.2) is 0 Å². The Labute approximate surface area is 106 Å². The second kappa shape index (κ2) is 7.99. The first-order valence-electron chi connectivity index (χ1n) is 6.19. The molecule has 96 valence electrons. The third kappa shape index (κ3) is 11.9. The van der Waals surface area contributed by atoms with Gasteiger partial charge in [0.1, 0.15) is 0 Å². The molecule has 0 unspecified atom stereocenters. The number of rotatable bonds is 8. The smallest absolute Gasteiger partial charge is 0.307 e. The van der Waals surface area contributed by atoms with Gasteiger partial charge >= 0.3 is 5.97 Å². The van der Waals surface area contributed by atoms with Crippen LogP contribution in [0.25, 0.3) is 0 Å². The van der Waals surface area contributed by atoms with Gasteiger partial charge in [-0.15, -0.1) is 0 Å². The molecule has 0 saturated carbocycles. The van der Waals surface area contributed by atoms with Crippen molar-refractivity contribution >= 4 is 18.6 Å². The summed E-state index contributed by atoms with van der Waals surface area (Å²) in [6.45, 7) is 8.85. The van der Waals surface area contributed by atoms with Gasteiger partial charge in [0.05, 0.1) is 13.0 Å². The van der Waals surface area contributed by atoms with E-state index in [0.29, 0.717) is 13.0 Å². The maximum absolute atomic E-state index is 11.3. The molecule has 0 aliphatic heterocycles. The number of hydrogen-bond acceptors (Lipinski definition) is 3. The fraction of sp³-hybridized carbons (Fsp3) is 0.923. The standard InChI is InChI=1S/C13H26O2S/c1-11(2)8-6-5-7-9-15-12(14)10-13(3,4)16/h11,16H,5-10H2,1-4H3. The summed E-state index contributed by atoms with van der Waals surface area (Å²) in [5.74, 6) is 0.636. The third-order valence-corrected chi connectivity index (χ3v) is 2.42. The predicted octanol–water partition coefficient (Wildman–Crippen LogP) is 3.84. The van der Waals surface area contributed by atoms with E-state index in [1.165, 1.54) is 12.8 Å². The normalized spacial score (nSPS) is 11.9. The molecule has 0 aromatic rings. The molecule has 0 aromatic carbocycles. The summed E-state index contributed by atoms with van der Waals surface area (Å²) in [4.78, 5) is 11.3. The number of esters is 1. The quantitative estimate of drug-likeness (QED) is 0.400. The third-order valence-electron chi connectivity index (χ3n) is 2.27. The van der Waals surface area contributed by atoms with Gasteiger partial charge in [-0.3, -0.25) is 4.79 Å². The summed E-state index contributed by atoms with van der Waals surface area (Å²) in [5, 5.41) is 0. The Morgan fingerprint density at radius 1 is 1.25 bits per heavy atom. The first kappa shape index (κ1) is 15.8. The van der Waals surface area contributed by atoms with Crippen molar-refractivity contribution in [1.29, 1.82) is 0 Å². The topological polar surface area (TPSA) is 26.3 Å². The maximum atomic E-state index is 11.3. The van der Waals surface area contributed by atoms with Crippen molar-refractivity contribution in [3.8, 4) is 0 Å². The molecule has 0 radical (unpaired) electrons. The number of thiol groups is 1. The molecule has 16 heavy (non-hydrogen) atoms. The van der Waals surface area contributed by atoms with Crippen LogP contribution in [-0.2, 0) is 9.53 Å². The van der Waals surface area contributed by atoms with Crippen molar-refractivity contribution in [2.75, 3.05) is 6.61 Å². The molecule has 0 fully saturated rings. The highest BCUT2D eigenvalue weighted by Crippen LogP contribution is 2.17. The lowest BCUT2D eigenvalue weighted by molar-refractivity contribution is -0.144. The molecule has 3 heteroatoms. The van der Waals surface area contributed by atoms with Crippen molar-refractivity contribution < 1.29 is 9.53 Å². The zero-order chi connectivity index (χ0) is 12.6. The highest BCUT2D eigenvalue weighted by atomic mass is 32.1. The molecule has 0 saturated heterocycles. The average molecular weight is 246 g/mol. The molecule has 0 aliphatic carbocycles. The predicted molar refractivity (Wildman–Crippen MR) is 71.9 cm³/mol. The molecule has 0 aliphatic rings. The summed E-state index contributed by atoms with van der Waals surface area (Å²) in [7, 11) is 0. The van der Waals surface area contributed by atoms with E-state index in [4.69, 9.17) is 4.74 Å². The van der Waals surface area contributed by atoms with Gasteiger partial charge in [0.2, 0.25) is 0 Å². The van der Waals surface area contributed by atoms with Crippen molar-refractivity contribution in [2.45, 2.75) is 64.5 Å². The van der Waals surface area contributed by atoms with Crippen LogP contribution in [-0.4, -0.2) is 17.3 Å². The summed E-state index contributed by atoms with van der Waals surface area (Å²) in [5.41, 5.74) is 0. The molecule has 0 aromatic heterocycles. The van der Waals surface area contributed by atoms with E-state index >= 15 is 0 Å². The van der Waals surface area contributed by atoms with Gasteiger partial charge in [-0.1, -0.05) is 47.0 Å². The number of hydrogen-bond donors (Lipinski definition) is 1. The van der Waals surface area contributed by atoms with Crippen LogP contribution in [0.3, 0.4) is 0 Å². The second-order valence-electron chi connectivity index (χ2n) is 5.45. The van der Waals surface area contributed by atoms with E-state index < -0.39 is 0 Å². The van der Waals surface area contributed by atoms with Crippen LogP contribution in [0.2, 0.25) is 0 Å². The van der Waals surface area contributed by atoms with Gasteiger partial charge in [-0.2, -0.15) is 12.6 Å². The van der Waals surface area contributed by atoms with Gasteiger partial charge < -0.3 is 4.74 Å². The lowest BCUT2D eigenvalue weighted by atomic mass is 10.1. The Bertz CT molecular complexity index is 195. The Hall–Kier alpha value is -0.180. The first-order valence-corrected chi connectivity index (χ1v) is 6.64. The molecule has 0 atom stereocenters. The number of carbonyl (C=O) groups is 1. The Balaban J connectivity index is 3.35. The highest BCUT2D eigenvalue weighted by Gasteiger charge is 2.17. The average Bonchev–Trinajstić information content (AvgIpc) is 2.07. The van der Waals surface area contributed by atoms with Crippen LogP contribution in [0.4, 0.5) is 0 Å². The first-order chi connectivity index (χ1) is 7.31. The molecule has 0 N–H and O–H groups in total. The summed E-state index contributed by atoms with van der Waals surface area (Å²) < 4.78 is 4.87. The summed E-state index contributed by atoms with van der Waals surface area (Å²) in [6.07, 6.45) is 4.99. The SMILES string of the molecule is CC(C)CCCCCOC(=O)CC(C)(C)S. The monoisotopic (exact) mass is 246 g/mol. The minimum absolute atomic E-state index is 0.135. The molecular weight excluding hydrogens is 220 g/mol. The zero-order valence-corrected chi connectivity index (χ0v) is 12.0. The van der Waals surface area contributed by atoms with Gasteiger partial charge in [0.25, 0.3) is 0 Å². The van der Waals surface area contributed by atoms with Crippen molar-refractivity contribution in [3.05, 3.63) is 0 Å². The van der Waals surface area contributed by atoms with Gasteiger partial charge in [0.15, 0.2) is 0 Å². The van der Waals surface area contributed by atoms with E-state index in [0.717, 1.165) is 18.8 Å². The van der Waals surface area contributed by atoms with E-state index in [9.17, 15) is 4.79 Å². The molecule has 0 bridgehead atoms. The van der Waals surface area contributed by atoms with Gasteiger partial charge in [-0.25, -0.2) is 0 Å². The Kier molecular flexibility index (Phi) is 7.90. The van der Waals surface area contributed by atoms with Crippen LogP contribution in [0.5, 0.6) is 0 Å². The minimum Gasteiger partial charge on any atom is -0.466 e. The molecule has 0 spiro atoms. The van der Waals surface area contributed by atoms with Crippen LogP contribution in [0.1, 0.15) is 59.8 Å². The van der Waals surface area contributed by atoms with Gasteiger partial charge in [-0.05, 0) is 12.3 Å². The van der Waals surface area contributed by atoms with Crippen LogP contribution < -0.4 is 0 Å². The number of ether oxygens (including phenoxy) is 1. The molecule has 0 heterocycles. The molecule has 0 amide bonds. The van der Waals surface area contributed by atoms with E-state index in [1.54, 1.807) is 0 Å².